The summed E-state index contributed by atoms with van der Waals surface area (Å²) < 4.78 is 2.11. The van der Waals surface area contributed by atoms with Gasteiger partial charge in [-0.05, 0) is 23.8 Å². The topological polar surface area (TPSA) is 29.9 Å². The van der Waals surface area contributed by atoms with Gasteiger partial charge in [0.25, 0.3) is 0 Å². The number of hydrogen-bond donors (Lipinski definition) is 1. The predicted molar refractivity (Wildman–Crippen MR) is 74.7 cm³/mol. The summed E-state index contributed by atoms with van der Waals surface area (Å²) in [5.74, 6) is 1.96. The molecule has 18 heavy (non-hydrogen) atoms. The van der Waals surface area contributed by atoms with Crippen LogP contribution in [0.15, 0.2) is 29.9 Å². The minimum atomic E-state index is 0.242. The van der Waals surface area contributed by atoms with Gasteiger partial charge in [-0.1, -0.05) is 19.4 Å². The Bertz CT molecular complexity index is 503. The third kappa shape index (κ3) is 2.22. The lowest BCUT2D eigenvalue weighted by molar-refractivity contribution is 0.535. The fraction of sp³-hybridized carbons (Fsp3) is 0.500. The summed E-state index contributed by atoms with van der Waals surface area (Å²) in [5, 5.41) is 5.90. The van der Waals surface area contributed by atoms with Crippen molar-refractivity contribution in [3.8, 4) is 0 Å². The molecule has 3 rings (SSSR count). The number of nitrogens with one attached hydrogen (secondary N) is 1. The van der Waals surface area contributed by atoms with Crippen LogP contribution < -0.4 is 5.32 Å². The number of aryl methyl sites for hydroxylation is 1. The van der Waals surface area contributed by atoms with Gasteiger partial charge in [-0.3, -0.25) is 5.32 Å². The second-order valence-electron chi connectivity index (χ2n) is 5.02. The van der Waals surface area contributed by atoms with Crippen LogP contribution in [0.2, 0.25) is 0 Å². The molecule has 2 aromatic rings. The van der Waals surface area contributed by atoms with Gasteiger partial charge in [-0.25, -0.2) is 4.98 Å². The van der Waals surface area contributed by atoms with Crippen LogP contribution in [-0.2, 0) is 7.05 Å². The highest BCUT2D eigenvalue weighted by molar-refractivity contribution is 7.10. The molecule has 96 valence electrons. The van der Waals surface area contributed by atoms with Gasteiger partial charge in [-0.15, -0.1) is 11.3 Å². The molecule has 3 atom stereocenters. The molecule has 2 heterocycles. The van der Waals surface area contributed by atoms with Crippen LogP contribution in [0, 0.1) is 5.92 Å². The van der Waals surface area contributed by atoms with Crippen molar-refractivity contribution in [2.75, 3.05) is 0 Å². The quantitative estimate of drug-likeness (QED) is 0.897. The molecule has 0 spiro atoms. The maximum absolute atomic E-state index is 4.51. The SMILES string of the molecule is CCC1CC1NC(c1cccs1)c1nccn1C. The third-order valence-electron chi connectivity index (χ3n) is 3.77. The molecule has 1 saturated carbocycles. The van der Waals surface area contributed by atoms with Crippen LogP contribution in [0.25, 0.3) is 0 Å². The number of hydrogen-bond acceptors (Lipinski definition) is 3. The zero-order valence-electron chi connectivity index (χ0n) is 10.8. The fourth-order valence-electron chi connectivity index (χ4n) is 2.51. The van der Waals surface area contributed by atoms with Crippen LogP contribution in [0.5, 0.6) is 0 Å². The van der Waals surface area contributed by atoms with Gasteiger partial charge in [0.15, 0.2) is 0 Å². The van der Waals surface area contributed by atoms with E-state index in [1.807, 2.05) is 12.4 Å². The van der Waals surface area contributed by atoms with Crippen molar-refractivity contribution in [2.24, 2.45) is 13.0 Å². The zero-order chi connectivity index (χ0) is 12.5. The Morgan fingerprint density at radius 1 is 1.61 bits per heavy atom. The van der Waals surface area contributed by atoms with Crippen molar-refractivity contribution >= 4 is 11.3 Å². The van der Waals surface area contributed by atoms with Gasteiger partial charge >= 0.3 is 0 Å². The first-order chi connectivity index (χ1) is 8.79. The Hall–Kier alpha value is -1.13. The first-order valence-corrected chi connectivity index (χ1v) is 7.44. The first kappa shape index (κ1) is 11.9. The van der Waals surface area contributed by atoms with Crippen LogP contribution in [-0.4, -0.2) is 15.6 Å². The standard InChI is InChI=1S/C14H19N3S/c1-3-10-9-11(10)16-13(12-5-4-8-18-12)14-15-6-7-17(14)2/h4-8,10-11,13,16H,3,9H2,1-2H3. The number of rotatable bonds is 5. The summed E-state index contributed by atoms with van der Waals surface area (Å²) >= 11 is 1.80. The molecule has 3 unspecified atom stereocenters. The zero-order valence-corrected chi connectivity index (χ0v) is 11.7. The molecule has 1 fully saturated rings. The van der Waals surface area contributed by atoms with E-state index in [0.29, 0.717) is 6.04 Å². The Balaban J connectivity index is 1.83. The average Bonchev–Trinajstić information content (AvgIpc) is 2.80. The number of imidazole rings is 1. The van der Waals surface area contributed by atoms with Crippen molar-refractivity contribution in [3.05, 3.63) is 40.6 Å². The van der Waals surface area contributed by atoms with Crippen molar-refractivity contribution < 1.29 is 0 Å². The van der Waals surface area contributed by atoms with E-state index in [1.165, 1.54) is 17.7 Å². The van der Waals surface area contributed by atoms with Gasteiger partial charge in [0.1, 0.15) is 11.9 Å². The van der Waals surface area contributed by atoms with E-state index in [-0.39, 0.29) is 6.04 Å². The monoisotopic (exact) mass is 261 g/mol. The van der Waals surface area contributed by atoms with Gasteiger partial charge in [0, 0.05) is 30.4 Å². The molecule has 3 nitrogen and oxygen atoms in total. The molecule has 1 aliphatic carbocycles. The molecule has 0 aliphatic heterocycles. The molecule has 0 aromatic carbocycles. The van der Waals surface area contributed by atoms with Crippen LogP contribution in [0.4, 0.5) is 0 Å². The lowest BCUT2D eigenvalue weighted by atomic mass is 10.2. The Morgan fingerprint density at radius 2 is 2.50 bits per heavy atom. The highest BCUT2D eigenvalue weighted by Crippen LogP contribution is 2.37. The molecule has 2 aromatic heterocycles. The smallest absolute Gasteiger partial charge is 0.131 e. The molecule has 0 amide bonds. The summed E-state index contributed by atoms with van der Waals surface area (Å²) in [6.45, 7) is 2.27. The molecule has 0 saturated heterocycles. The normalized spacial score (nSPS) is 24.1. The molecule has 0 bridgehead atoms. The third-order valence-corrected chi connectivity index (χ3v) is 4.71. The fourth-order valence-corrected chi connectivity index (χ4v) is 3.29. The van der Waals surface area contributed by atoms with E-state index in [1.54, 1.807) is 11.3 Å². The van der Waals surface area contributed by atoms with E-state index in [2.05, 4.69) is 46.4 Å². The van der Waals surface area contributed by atoms with E-state index in [4.69, 9.17) is 0 Å². The summed E-state index contributed by atoms with van der Waals surface area (Å²) in [7, 11) is 2.06. The average molecular weight is 261 g/mol. The summed E-state index contributed by atoms with van der Waals surface area (Å²) in [5.41, 5.74) is 0. The van der Waals surface area contributed by atoms with E-state index in [9.17, 15) is 0 Å². The molecule has 0 radical (unpaired) electrons. The van der Waals surface area contributed by atoms with E-state index in [0.717, 1.165) is 11.7 Å². The van der Waals surface area contributed by atoms with Crippen LogP contribution in [0.3, 0.4) is 0 Å². The Labute approximate surface area is 112 Å². The lowest BCUT2D eigenvalue weighted by Gasteiger charge is -2.17. The van der Waals surface area contributed by atoms with Gasteiger partial charge < -0.3 is 4.57 Å². The second kappa shape index (κ2) is 4.86. The summed E-state index contributed by atoms with van der Waals surface area (Å²) in [6, 6.07) is 5.22. The van der Waals surface area contributed by atoms with Gasteiger partial charge in [0.2, 0.25) is 0 Å². The minimum absolute atomic E-state index is 0.242. The van der Waals surface area contributed by atoms with Crippen LogP contribution >= 0.6 is 11.3 Å². The Morgan fingerprint density at radius 3 is 3.06 bits per heavy atom. The van der Waals surface area contributed by atoms with Gasteiger partial charge in [0.05, 0.1) is 0 Å². The molecule has 1 aliphatic rings. The number of thiophene rings is 1. The maximum Gasteiger partial charge on any atom is 0.131 e. The first-order valence-electron chi connectivity index (χ1n) is 6.56. The second-order valence-corrected chi connectivity index (χ2v) is 6.00. The molecule has 1 N–H and O–H groups in total. The Kier molecular flexibility index (Phi) is 3.22. The molecule has 4 heteroatoms. The van der Waals surface area contributed by atoms with Crippen molar-refractivity contribution in [3.63, 3.8) is 0 Å². The van der Waals surface area contributed by atoms with Crippen LogP contribution in [0.1, 0.15) is 36.5 Å². The number of nitrogens with zero attached hydrogens (tertiary/aromatic N) is 2. The van der Waals surface area contributed by atoms with Gasteiger partial charge in [-0.2, -0.15) is 0 Å². The predicted octanol–water partition coefficient (Wildman–Crippen LogP) is 2.96. The van der Waals surface area contributed by atoms with Crippen molar-refractivity contribution in [2.45, 2.75) is 31.8 Å². The largest absolute Gasteiger partial charge is 0.336 e. The molecular formula is C14H19N3S. The lowest BCUT2D eigenvalue weighted by Crippen LogP contribution is -2.27. The van der Waals surface area contributed by atoms with E-state index >= 15 is 0 Å². The van der Waals surface area contributed by atoms with E-state index < -0.39 is 0 Å². The maximum atomic E-state index is 4.51. The minimum Gasteiger partial charge on any atom is -0.336 e. The number of aromatic nitrogens is 2. The summed E-state index contributed by atoms with van der Waals surface area (Å²) in [6.07, 6.45) is 6.47. The van der Waals surface area contributed by atoms with Crippen molar-refractivity contribution in [1.29, 1.82) is 0 Å². The highest BCUT2D eigenvalue weighted by Gasteiger charge is 2.38. The molecular weight excluding hydrogens is 242 g/mol. The summed E-state index contributed by atoms with van der Waals surface area (Å²) in [4.78, 5) is 5.86. The highest BCUT2D eigenvalue weighted by atomic mass is 32.1. The van der Waals surface area contributed by atoms with Crippen molar-refractivity contribution in [1.82, 2.24) is 14.9 Å².